The van der Waals surface area contributed by atoms with Crippen molar-refractivity contribution < 1.29 is 14.3 Å². The molecule has 0 fully saturated rings. The fraction of sp³-hybridized carbons (Fsp3) is 0.889. The van der Waals surface area contributed by atoms with E-state index in [9.17, 15) is 4.79 Å². The summed E-state index contributed by atoms with van der Waals surface area (Å²) in [7, 11) is 1.61. The number of nitrogens with two attached hydrogens (primary N) is 1. The van der Waals surface area contributed by atoms with E-state index in [1.165, 1.54) is 0 Å². The van der Waals surface area contributed by atoms with Gasteiger partial charge in [-0.05, 0) is 6.92 Å². The number of hydrogen-bond acceptors (Lipinski definition) is 4. The molecule has 0 saturated heterocycles. The topological polar surface area (TPSA) is 64.8 Å². The molecule has 0 aliphatic heterocycles. The van der Waals surface area contributed by atoms with E-state index < -0.39 is 0 Å². The van der Waals surface area contributed by atoms with Crippen molar-refractivity contribution in [1.82, 2.24) is 4.90 Å². The lowest BCUT2D eigenvalue weighted by atomic mass is 10.4. The summed E-state index contributed by atoms with van der Waals surface area (Å²) in [6, 6.07) is 0. The van der Waals surface area contributed by atoms with E-state index in [1.807, 2.05) is 6.92 Å². The molecule has 0 aromatic heterocycles. The highest BCUT2D eigenvalue weighted by Crippen LogP contribution is 1.90. The minimum atomic E-state index is -0.0157. The molecule has 5 heteroatoms. The lowest BCUT2D eigenvalue weighted by molar-refractivity contribution is -0.136. The molecule has 0 heterocycles. The molecule has 0 aliphatic rings. The number of ether oxygens (including phenoxy) is 2. The van der Waals surface area contributed by atoms with Crippen molar-refractivity contribution in [3.05, 3.63) is 0 Å². The summed E-state index contributed by atoms with van der Waals surface area (Å²) in [4.78, 5) is 13.2. The quantitative estimate of drug-likeness (QED) is 0.539. The van der Waals surface area contributed by atoms with Gasteiger partial charge in [-0.1, -0.05) is 0 Å². The summed E-state index contributed by atoms with van der Waals surface area (Å²) in [6.45, 7) is 4.73. The Morgan fingerprint density at radius 2 is 2.14 bits per heavy atom. The Kier molecular flexibility index (Phi) is 8.51. The zero-order valence-corrected chi connectivity index (χ0v) is 8.99. The van der Waals surface area contributed by atoms with Crippen LogP contribution in [0.15, 0.2) is 0 Å². The average Bonchev–Trinajstić information content (AvgIpc) is 2.19. The average molecular weight is 204 g/mol. The number of rotatable bonds is 8. The molecule has 84 valence electrons. The van der Waals surface area contributed by atoms with Gasteiger partial charge in [-0.2, -0.15) is 0 Å². The monoisotopic (exact) mass is 204 g/mol. The third-order valence-electron chi connectivity index (χ3n) is 1.79. The maximum atomic E-state index is 11.5. The van der Waals surface area contributed by atoms with Crippen LogP contribution in [0.25, 0.3) is 0 Å². The van der Waals surface area contributed by atoms with Crippen LogP contribution in [-0.2, 0) is 14.3 Å². The van der Waals surface area contributed by atoms with Crippen LogP contribution in [0.5, 0.6) is 0 Å². The smallest absolute Gasteiger partial charge is 0.248 e. The molecule has 0 radical (unpaired) electrons. The molecular formula is C9H20N2O3. The first kappa shape index (κ1) is 13.4. The van der Waals surface area contributed by atoms with Crippen molar-refractivity contribution in [3.63, 3.8) is 0 Å². The van der Waals surface area contributed by atoms with E-state index in [0.29, 0.717) is 32.8 Å². The van der Waals surface area contributed by atoms with Crippen LogP contribution < -0.4 is 5.73 Å². The Balaban J connectivity index is 3.67. The Labute approximate surface area is 85.1 Å². The lowest BCUT2D eigenvalue weighted by Crippen LogP contribution is -2.36. The molecule has 0 aromatic rings. The highest BCUT2D eigenvalue weighted by Gasteiger charge is 2.10. The molecule has 0 spiro atoms. The number of methoxy groups -OCH3 is 1. The summed E-state index contributed by atoms with van der Waals surface area (Å²) in [5.74, 6) is -0.0157. The number of likely N-dealkylation sites (N-methyl/N-ethyl adjacent to an activating group) is 1. The normalized spacial score (nSPS) is 10.2. The third-order valence-corrected chi connectivity index (χ3v) is 1.79. The molecule has 0 unspecified atom stereocenters. The van der Waals surface area contributed by atoms with Gasteiger partial charge in [-0.25, -0.2) is 0 Å². The van der Waals surface area contributed by atoms with Crippen molar-refractivity contribution in [2.75, 3.05) is 46.6 Å². The van der Waals surface area contributed by atoms with E-state index >= 15 is 0 Å². The van der Waals surface area contributed by atoms with Crippen LogP contribution in [0.2, 0.25) is 0 Å². The molecule has 0 bridgehead atoms. The number of hydrogen-bond donors (Lipinski definition) is 1. The van der Waals surface area contributed by atoms with Gasteiger partial charge < -0.3 is 20.1 Å². The van der Waals surface area contributed by atoms with Gasteiger partial charge in [0.2, 0.25) is 5.91 Å². The van der Waals surface area contributed by atoms with Crippen molar-refractivity contribution in [2.45, 2.75) is 6.92 Å². The zero-order valence-electron chi connectivity index (χ0n) is 8.99. The van der Waals surface area contributed by atoms with Crippen molar-refractivity contribution in [3.8, 4) is 0 Å². The second kappa shape index (κ2) is 8.93. The van der Waals surface area contributed by atoms with Crippen molar-refractivity contribution in [2.24, 2.45) is 5.73 Å². The Bertz CT molecular complexity index is 153. The van der Waals surface area contributed by atoms with Crippen LogP contribution >= 0.6 is 0 Å². The summed E-state index contributed by atoms with van der Waals surface area (Å²) >= 11 is 0. The fourth-order valence-electron chi connectivity index (χ4n) is 0.995. The van der Waals surface area contributed by atoms with Gasteiger partial charge in [0.15, 0.2) is 0 Å². The summed E-state index contributed by atoms with van der Waals surface area (Å²) in [6.07, 6.45) is 0. The minimum Gasteiger partial charge on any atom is -0.383 e. The molecule has 0 atom stereocenters. The van der Waals surface area contributed by atoms with Crippen LogP contribution in [0.4, 0.5) is 0 Å². The van der Waals surface area contributed by atoms with E-state index in [4.69, 9.17) is 15.2 Å². The highest BCUT2D eigenvalue weighted by atomic mass is 16.5. The summed E-state index contributed by atoms with van der Waals surface area (Å²) in [5.41, 5.74) is 5.23. The van der Waals surface area contributed by atoms with E-state index in [2.05, 4.69) is 0 Å². The van der Waals surface area contributed by atoms with Gasteiger partial charge in [-0.15, -0.1) is 0 Å². The second-order valence-corrected chi connectivity index (χ2v) is 2.81. The zero-order chi connectivity index (χ0) is 10.8. The molecule has 1 amide bonds. The van der Waals surface area contributed by atoms with Crippen molar-refractivity contribution >= 4 is 5.91 Å². The Hall–Kier alpha value is -0.650. The second-order valence-electron chi connectivity index (χ2n) is 2.81. The fourth-order valence-corrected chi connectivity index (χ4v) is 0.995. The molecule has 14 heavy (non-hydrogen) atoms. The molecule has 2 N–H and O–H groups in total. The van der Waals surface area contributed by atoms with Gasteiger partial charge in [-0.3, -0.25) is 4.79 Å². The molecule has 0 aliphatic carbocycles. The Morgan fingerprint density at radius 3 is 2.64 bits per heavy atom. The third kappa shape index (κ3) is 5.90. The number of carbonyl (C=O) groups is 1. The largest absolute Gasteiger partial charge is 0.383 e. The van der Waals surface area contributed by atoms with Crippen molar-refractivity contribution in [1.29, 1.82) is 0 Å². The van der Waals surface area contributed by atoms with Crippen LogP contribution in [0.3, 0.4) is 0 Å². The maximum absolute atomic E-state index is 11.5. The summed E-state index contributed by atoms with van der Waals surface area (Å²) < 4.78 is 9.95. The molecular weight excluding hydrogens is 184 g/mol. The number of amides is 1. The van der Waals surface area contributed by atoms with Gasteiger partial charge in [0.25, 0.3) is 0 Å². The van der Waals surface area contributed by atoms with E-state index in [-0.39, 0.29) is 12.5 Å². The van der Waals surface area contributed by atoms with E-state index in [1.54, 1.807) is 12.0 Å². The first-order valence-corrected chi connectivity index (χ1v) is 4.80. The predicted molar refractivity (Wildman–Crippen MR) is 54.0 cm³/mol. The van der Waals surface area contributed by atoms with Gasteiger partial charge in [0.1, 0.15) is 6.61 Å². The highest BCUT2D eigenvalue weighted by molar-refractivity contribution is 5.77. The molecule has 5 nitrogen and oxygen atoms in total. The molecule has 0 rings (SSSR count). The number of nitrogens with zero attached hydrogens (tertiary/aromatic N) is 1. The molecule has 0 aromatic carbocycles. The maximum Gasteiger partial charge on any atom is 0.248 e. The van der Waals surface area contributed by atoms with Gasteiger partial charge in [0, 0.05) is 26.7 Å². The number of carbonyl (C=O) groups excluding carboxylic acids is 1. The molecule has 0 saturated carbocycles. The van der Waals surface area contributed by atoms with Crippen LogP contribution in [-0.4, -0.2) is 57.4 Å². The van der Waals surface area contributed by atoms with E-state index in [0.717, 1.165) is 0 Å². The van der Waals surface area contributed by atoms with Gasteiger partial charge >= 0.3 is 0 Å². The first-order valence-electron chi connectivity index (χ1n) is 4.80. The SMILES string of the molecule is CCN(CCOC)C(=O)COCCN. The summed E-state index contributed by atoms with van der Waals surface area (Å²) in [5, 5.41) is 0. The predicted octanol–water partition coefficient (Wildman–Crippen LogP) is -0.543. The lowest BCUT2D eigenvalue weighted by Gasteiger charge is -2.20. The minimum absolute atomic E-state index is 0.0157. The first-order chi connectivity index (χ1) is 6.76. The van der Waals surface area contributed by atoms with Crippen LogP contribution in [0.1, 0.15) is 6.92 Å². The Morgan fingerprint density at radius 1 is 1.43 bits per heavy atom. The van der Waals surface area contributed by atoms with Crippen LogP contribution in [0, 0.1) is 0 Å². The standard InChI is InChI=1S/C9H20N2O3/c1-3-11(5-7-13-2)9(12)8-14-6-4-10/h3-8,10H2,1-2H3. The van der Waals surface area contributed by atoms with Gasteiger partial charge in [0.05, 0.1) is 13.2 Å².